The van der Waals surface area contributed by atoms with Gasteiger partial charge in [0, 0.05) is 48.5 Å². The zero-order valence-electron chi connectivity index (χ0n) is 9.83. The highest BCUT2D eigenvalue weighted by Gasteiger charge is 2.17. The fourth-order valence-corrected chi connectivity index (χ4v) is 2.78. The molecule has 1 aliphatic heterocycles. The molecule has 2 heterocycles. The third-order valence-electron chi connectivity index (χ3n) is 3.45. The Morgan fingerprint density at radius 1 is 1.29 bits per heavy atom. The Hall–Kier alpha value is -1.25. The maximum atomic E-state index is 6.27. The maximum absolute atomic E-state index is 6.27. The first kappa shape index (κ1) is 10.9. The lowest BCUT2D eigenvalue weighted by atomic mass is 10.1. The van der Waals surface area contributed by atoms with Gasteiger partial charge in [-0.05, 0) is 17.7 Å². The van der Waals surface area contributed by atoms with E-state index in [2.05, 4.69) is 29.1 Å². The lowest BCUT2D eigenvalue weighted by Gasteiger charge is -2.15. The van der Waals surface area contributed by atoms with Crippen LogP contribution < -0.4 is 5.32 Å². The van der Waals surface area contributed by atoms with E-state index in [-0.39, 0.29) is 0 Å². The molecule has 17 heavy (non-hydrogen) atoms. The van der Waals surface area contributed by atoms with E-state index in [0.717, 1.165) is 30.1 Å². The number of hydrogen-bond acceptors (Lipinski definition) is 1. The highest BCUT2D eigenvalue weighted by atomic mass is 35.5. The summed E-state index contributed by atoms with van der Waals surface area (Å²) in [7, 11) is 2.13. The lowest BCUT2D eigenvalue weighted by Crippen LogP contribution is -2.24. The third-order valence-corrected chi connectivity index (χ3v) is 3.78. The number of hydrogen-bond donors (Lipinski definition) is 1. The van der Waals surface area contributed by atoms with Crippen molar-refractivity contribution >= 4 is 11.6 Å². The van der Waals surface area contributed by atoms with Crippen LogP contribution in [0.2, 0.25) is 5.02 Å². The van der Waals surface area contributed by atoms with E-state index in [1.54, 1.807) is 0 Å². The molecule has 3 rings (SSSR count). The van der Waals surface area contributed by atoms with Gasteiger partial charge in [0.05, 0.1) is 0 Å². The van der Waals surface area contributed by atoms with Gasteiger partial charge in [-0.25, -0.2) is 0 Å². The van der Waals surface area contributed by atoms with Crippen molar-refractivity contribution in [2.75, 3.05) is 6.54 Å². The molecular formula is C14H15ClN2. The molecule has 0 fully saturated rings. The molecule has 0 amide bonds. The van der Waals surface area contributed by atoms with E-state index in [9.17, 15) is 0 Å². The van der Waals surface area contributed by atoms with Crippen LogP contribution in [0, 0.1) is 0 Å². The monoisotopic (exact) mass is 246 g/mol. The Balaban J connectivity index is 2.16. The average Bonchev–Trinajstić information content (AvgIpc) is 2.68. The minimum atomic E-state index is 0.818. The molecule has 0 saturated heterocycles. The molecule has 0 radical (unpaired) electrons. The smallest absolute Gasteiger partial charge is 0.0499 e. The number of aromatic nitrogens is 1. The molecule has 0 unspecified atom stereocenters. The standard InChI is InChI=1S/C14H15ClN2/c1-17-13-6-7-16-9-10(13)8-14(17)11-4-2-3-5-12(11)15/h2-5,8,16H,6-7,9H2,1H3. The molecule has 0 atom stereocenters. The van der Waals surface area contributed by atoms with Crippen LogP contribution in [0.3, 0.4) is 0 Å². The number of rotatable bonds is 1. The van der Waals surface area contributed by atoms with Gasteiger partial charge in [-0.3, -0.25) is 0 Å². The van der Waals surface area contributed by atoms with E-state index in [1.807, 2.05) is 18.2 Å². The van der Waals surface area contributed by atoms with Crippen LogP contribution in [-0.4, -0.2) is 11.1 Å². The Labute approximate surface area is 106 Å². The van der Waals surface area contributed by atoms with E-state index in [0.29, 0.717) is 0 Å². The lowest BCUT2D eigenvalue weighted by molar-refractivity contribution is 0.619. The maximum Gasteiger partial charge on any atom is 0.0499 e. The van der Waals surface area contributed by atoms with Gasteiger partial charge in [-0.15, -0.1) is 0 Å². The van der Waals surface area contributed by atoms with Gasteiger partial charge in [0.2, 0.25) is 0 Å². The van der Waals surface area contributed by atoms with Gasteiger partial charge in [0.1, 0.15) is 0 Å². The number of nitrogens with one attached hydrogen (secondary N) is 1. The first-order valence-corrected chi connectivity index (χ1v) is 6.28. The quantitative estimate of drug-likeness (QED) is 0.819. The zero-order valence-corrected chi connectivity index (χ0v) is 10.6. The number of halogens is 1. The van der Waals surface area contributed by atoms with Gasteiger partial charge in [-0.2, -0.15) is 0 Å². The van der Waals surface area contributed by atoms with Gasteiger partial charge in [-0.1, -0.05) is 29.8 Å². The normalized spacial score (nSPS) is 14.7. The van der Waals surface area contributed by atoms with Crippen molar-refractivity contribution in [3.05, 3.63) is 46.6 Å². The molecule has 1 aromatic carbocycles. The molecule has 88 valence electrons. The third kappa shape index (κ3) is 1.78. The second-order valence-electron chi connectivity index (χ2n) is 4.47. The van der Waals surface area contributed by atoms with E-state index in [1.165, 1.54) is 17.0 Å². The average molecular weight is 247 g/mol. The second-order valence-corrected chi connectivity index (χ2v) is 4.87. The summed E-state index contributed by atoms with van der Waals surface area (Å²) in [5.41, 5.74) is 5.16. The van der Waals surface area contributed by atoms with Crippen molar-refractivity contribution in [2.45, 2.75) is 13.0 Å². The molecule has 0 spiro atoms. The molecule has 2 aromatic rings. The number of fused-ring (bicyclic) bond motifs is 1. The van der Waals surface area contributed by atoms with Gasteiger partial charge in [0.15, 0.2) is 0 Å². The number of benzene rings is 1. The fraction of sp³-hybridized carbons (Fsp3) is 0.286. The van der Waals surface area contributed by atoms with Crippen LogP contribution in [0.25, 0.3) is 11.3 Å². The van der Waals surface area contributed by atoms with Crippen molar-refractivity contribution in [2.24, 2.45) is 7.05 Å². The molecule has 2 nitrogen and oxygen atoms in total. The summed E-state index contributed by atoms with van der Waals surface area (Å²) in [5.74, 6) is 0. The molecule has 1 aromatic heterocycles. The topological polar surface area (TPSA) is 17.0 Å². The summed E-state index contributed by atoms with van der Waals surface area (Å²) in [6, 6.07) is 10.3. The highest BCUT2D eigenvalue weighted by Crippen LogP contribution is 2.31. The minimum Gasteiger partial charge on any atom is -0.347 e. The molecule has 1 aliphatic rings. The van der Waals surface area contributed by atoms with Gasteiger partial charge in [0.25, 0.3) is 0 Å². The van der Waals surface area contributed by atoms with Crippen LogP contribution in [0.5, 0.6) is 0 Å². The van der Waals surface area contributed by atoms with Crippen molar-refractivity contribution < 1.29 is 0 Å². The highest BCUT2D eigenvalue weighted by molar-refractivity contribution is 6.33. The van der Waals surface area contributed by atoms with Gasteiger partial charge < -0.3 is 9.88 Å². The Morgan fingerprint density at radius 2 is 2.12 bits per heavy atom. The van der Waals surface area contributed by atoms with Crippen LogP contribution in [0.1, 0.15) is 11.3 Å². The van der Waals surface area contributed by atoms with Crippen molar-refractivity contribution in [1.29, 1.82) is 0 Å². The minimum absolute atomic E-state index is 0.818. The summed E-state index contributed by atoms with van der Waals surface area (Å²) < 4.78 is 2.28. The Morgan fingerprint density at radius 3 is 2.88 bits per heavy atom. The summed E-state index contributed by atoms with van der Waals surface area (Å²) in [5, 5.41) is 4.22. The number of nitrogens with zero attached hydrogens (tertiary/aromatic N) is 1. The van der Waals surface area contributed by atoms with E-state index in [4.69, 9.17) is 11.6 Å². The summed E-state index contributed by atoms with van der Waals surface area (Å²) in [6.07, 6.45) is 1.09. The SMILES string of the molecule is Cn1c(-c2ccccc2Cl)cc2c1CCNC2. The van der Waals surface area contributed by atoms with E-state index < -0.39 is 0 Å². The van der Waals surface area contributed by atoms with Crippen LogP contribution in [0.15, 0.2) is 30.3 Å². The first-order valence-electron chi connectivity index (χ1n) is 5.90. The molecule has 3 heteroatoms. The summed E-state index contributed by atoms with van der Waals surface area (Å²) in [4.78, 5) is 0. The van der Waals surface area contributed by atoms with Crippen molar-refractivity contribution in [1.82, 2.24) is 9.88 Å². The largest absolute Gasteiger partial charge is 0.347 e. The first-order chi connectivity index (χ1) is 8.27. The molecule has 0 saturated carbocycles. The van der Waals surface area contributed by atoms with Crippen LogP contribution in [-0.2, 0) is 20.0 Å². The van der Waals surface area contributed by atoms with Crippen LogP contribution in [0.4, 0.5) is 0 Å². The summed E-state index contributed by atoms with van der Waals surface area (Å²) in [6.45, 7) is 2.03. The predicted octanol–water partition coefficient (Wildman–Crippen LogP) is 2.99. The Kier molecular flexibility index (Phi) is 2.69. The van der Waals surface area contributed by atoms with Crippen molar-refractivity contribution in [3.8, 4) is 11.3 Å². The fourth-order valence-electron chi connectivity index (χ4n) is 2.54. The zero-order chi connectivity index (χ0) is 11.8. The van der Waals surface area contributed by atoms with Crippen molar-refractivity contribution in [3.63, 3.8) is 0 Å². The molecule has 0 bridgehead atoms. The molecule has 0 aliphatic carbocycles. The predicted molar refractivity (Wildman–Crippen MR) is 71.3 cm³/mol. The van der Waals surface area contributed by atoms with Gasteiger partial charge >= 0.3 is 0 Å². The molecule has 1 N–H and O–H groups in total. The summed E-state index contributed by atoms with van der Waals surface area (Å²) >= 11 is 6.27. The van der Waals surface area contributed by atoms with Crippen LogP contribution >= 0.6 is 11.6 Å². The second kappa shape index (κ2) is 4.21. The molecular weight excluding hydrogens is 232 g/mol. The Bertz CT molecular complexity index is 557. The van der Waals surface area contributed by atoms with E-state index >= 15 is 0 Å².